The maximum absolute atomic E-state index is 13.0. The zero-order valence-electron chi connectivity index (χ0n) is 18.1. The molecule has 1 amide bonds. The standard InChI is InChI=1S/C24H29N3O3/c1-5-26(6-2)13-14-27-21(19-9-7-8-12-25-19)20(23(29)24(27)30)22(28)18-15-16(3)10-11-17(18)4/h7-12,15,21,28H,5-6,13-14H2,1-4H3/b22-20+. The number of benzene rings is 1. The molecule has 3 rings (SSSR count). The van der Waals surface area contributed by atoms with Crippen molar-refractivity contribution in [2.24, 2.45) is 0 Å². The lowest BCUT2D eigenvalue weighted by Gasteiger charge is -2.27. The molecule has 30 heavy (non-hydrogen) atoms. The number of aliphatic hydroxyl groups excluding tert-OH is 1. The molecule has 1 N–H and O–H groups in total. The Morgan fingerprint density at radius 2 is 1.87 bits per heavy atom. The quantitative estimate of drug-likeness (QED) is 0.432. The predicted octanol–water partition coefficient (Wildman–Crippen LogP) is 3.46. The largest absolute Gasteiger partial charge is 0.507 e. The van der Waals surface area contributed by atoms with Gasteiger partial charge in [0, 0.05) is 24.8 Å². The van der Waals surface area contributed by atoms with Gasteiger partial charge in [0.2, 0.25) is 0 Å². The molecule has 1 aromatic heterocycles. The maximum Gasteiger partial charge on any atom is 0.295 e. The van der Waals surface area contributed by atoms with E-state index in [2.05, 4.69) is 23.7 Å². The van der Waals surface area contributed by atoms with Crippen LogP contribution in [-0.4, -0.2) is 57.8 Å². The first-order valence-electron chi connectivity index (χ1n) is 10.4. The molecule has 0 radical (unpaired) electrons. The van der Waals surface area contributed by atoms with Crippen LogP contribution in [0.25, 0.3) is 5.76 Å². The average molecular weight is 408 g/mol. The van der Waals surface area contributed by atoms with E-state index in [9.17, 15) is 14.7 Å². The van der Waals surface area contributed by atoms with Crippen LogP contribution in [0.2, 0.25) is 0 Å². The third kappa shape index (κ3) is 4.14. The first-order valence-corrected chi connectivity index (χ1v) is 10.4. The molecule has 1 aliphatic heterocycles. The lowest BCUT2D eigenvalue weighted by atomic mass is 9.95. The number of aliphatic hydroxyl groups is 1. The van der Waals surface area contributed by atoms with E-state index in [0.717, 1.165) is 24.2 Å². The SMILES string of the molecule is CCN(CC)CCN1C(=O)C(=O)/C(=C(/O)c2cc(C)ccc2C)C1c1ccccn1. The van der Waals surface area contributed by atoms with Gasteiger partial charge in [0.15, 0.2) is 0 Å². The highest BCUT2D eigenvalue weighted by Crippen LogP contribution is 2.39. The minimum Gasteiger partial charge on any atom is -0.507 e. The molecule has 2 heterocycles. The zero-order valence-corrected chi connectivity index (χ0v) is 18.1. The minimum absolute atomic E-state index is 0.104. The van der Waals surface area contributed by atoms with Crippen molar-refractivity contribution >= 4 is 17.4 Å². The number of ketones is 1. The average Bonchev–Trinajstić information content (AvgIpc) is 3.01. The van der Waals surface area contributed by atoms with Crippen LogP contribution in [0.15, 0.2) is 48.2 Å². The Labute approximate surface area is 177 Å². The first-order chi connectivity index (χ1) is 14.4. The lowest BCUT2D eigenvalue weighted by Crippen LogP contribution is -2.38. The third-order valence-corrected chi connectivity index (χ3v) is 5.71. The fourth-order valence-electron chi connectivity index (χ4n) is 3.88. The Morgan fingerprint density at radius 3 is 2.50 bits per heavy atom. The van der Waals surface area contributed by atoms with Gasteiger partial charge in [-0.3, -0.25) is 14.6 Å². The molecule has 0 aliphatic carbocycles. The molecular weight excluding hydrogens is 378 g/mol. The van der Waals surface area contributed by atoms with E-state index < -0.39 is 17.7 Å². The number of aromatic nitrogens is 1. The second-order valence-electron chi connectivity index (χ2n) is 7.59. The molecule has 1 unspecified atom stereocenters. The molecular formula is C24H29N3O3. The van der Waals surface area contributed by atoms with Crippen molar-refractivity contribution in [3.05, 3.63) is 70.6 Å². The topological polar surface area (TPSA) is 73.7 Å². The molecule has 158 valence electrons. The number of carbonyl (C=O) groups is 2. The van der Waals surface area contributed by atoms with Crippen LogP contribution >= 0.6 is 0 Å². The van der Waals surface area contributed by atoms with Gasteiger partial charge in [0.25, 0.3) is 11.7 Å². The fourth-order valence-corrected chi connectivity index (χ4v) is 3.88. The molecule has 2 aromatic rings. The number of Topliss-reactive ketones (excluding diaryl/α,β-unsaturated/α-hetero) is 1. The Kier molecular flexibility index (Phi) is 6.67. The van der Waals surface area contributed by atoms with E-state index in [4.69, 9.17) is 0 Å². The molecule has 1 aromatic carbocycles. The number of pyridine rings is 1. The summed E-state index contributed by atoms with van der Waals surface area (Å²) >= 11 is 0. The van der Waals surface area contributed by atoms with Gasteiger partial charge in [-0.05, 0) is 50.7 Å². The van der Waals surface area contributed by atoms with Crippen LogP contribution < -0.4 is 0 Å². The Hall–Kier alpha value is -2.99. The van der Waals surface area contributed by atoms with Crippen LogP contribution in [0.5, 0.6) is 0 Å². The molecule has 6 heteroatoms. The second-order valence-corrected chi connectivity index (χ2v) is 7.59. The summed E-state index contributed by atoms with van der Waals surface area (Å²) in [5.41, 5.74) is 3.05. The van der Waals surface area contributed by atoms with Crippen molar-refractivity contribution in [3.8, 4) is 0 Å². The summed E-state index contributed by atoms with van der Waals surface area (Å²) < 4.78 is 0. The van der Waals surface area contributed by atoms with Gasteiger partial charge < -0.3 is 14.9 Å². The van der Waals surface area contributed by atoms with E-state index in [0.29, 0.717) is 24.3 Å². The minimum atomic E-state index is -0.707. The van der Waals surface area contributed by atoms with Crippen LogP contribution in [-0.2, 0) is 9.59 Å². The van der Waals surface area contributed by atoms with Gasteiger partial charge in [-0.15, -0.1) is 0 Å². The van der Waals surface area contributed by atoms with Crippen molar-refractivity contribution in [2.45, 2.75) is 33.7 Å². The summed E-state index contributed by atoms with van der Waals surface area (Å²) in [7, 11) is 0. The first kappa shape index (κ1) is 21.7. The normalized spacial score (nSPS) is 18.4. The highest BCUT2D eigenvalue weighted by molar-refractivity contribution is 6.46. The molecule has 0 spiro atoms. The van der Waals surface area contributed by atoms with Crippen molar-refractivity contribution in [1.29, 1.82) is 0 Å². The van der Waals surface area contributed by atoms with Crippen LogP contribution in [0.4, 0.5) is 0 Å². The number of hydrogen-bond donors (Lipinski definition) is 1. The highest BCUT2D eigenvalue weighted by atomic mass is 16.3. The van der Waals surface area contributed by atoms with E-state index >= 15 is 0 Å². The van der Waals surface area contributed by atoms with Crippen molar-refractivity contribution in [1.82, 2.24) is 14.8 Å². The number of amides is 1. The molecule has 0 saturated carbocycles. The van der Waals surface area contributed by atoms with Gasteiger partial charge in [0.1, 0.15) is 11.8 Å². The molecule has 0 bridgehead atoms. The van der Waals surface area contributed by atoms with Crippen LogP contribution in [0.1, 0.15) is 42.3 Å². The number of hydrogen-bond acceptors (Lipinski definition) is 5. The van der Waals surface area contributed by atoms with E-state index in [1.54, 1.807) is 23.2 Å². The van der Waals surface area contributed by atoms with E-state index in [-0.39, 0.29) is 11.3 Å². The molecule has 6 nitrogen and oxygen atoms in total. The van der Waals surface area contributed by atoms with E-state index in [1.165, 1.54) is 0 Å². The van der Waals surface area contributed by atoms with E-state index in [1.807, 2.05) is 38.1 Å². The Morgan fingerprint density at radius 1 is 1.13 bits per heavy atom. The van der Waals surface area contributed by atoms with Crippen molar-refractivity contribution in [2.75, 3.05) is 26.2 Å². The number of likely N-dealkylation sites (tertiary alicyclic amines) is 1. The number of rotatable bonds is 7. The molecule has 1 atom stereocenters. The second kappa shape index (κ2) is 9.22. The summed E-state index contributed by atoms with van der Waals surface area (Å²) in [6.45, 7) is 10.7. The van der Waals surface area contributed by atoms with Gasteiger partial charge in [-0.2, -0.15) is 0 Å². The summed E-state index contributed by atoms with van der Waals surface area (Å²) in [4.78, 5) is 34.1. The number of likely N-dealkylation sites (N-methyl/N-ethyl adjacent to an activating group) is 1. The van der Waals surface area contributed by atoms with Crippen LogP contribution in [0.3, 0.4) is 0 Å². The summed E-state index contributed by atoms with van der Waals surface area (Å²) in [5, 5.41) is 11.2. The summed E-state index contributed by atoms with van der Waals surface area (Å²) in [6, 6.07) is 10.4. The smallest absolute Gasteiger partial charge is 0.295 e. The van der Waals surface area contributed by atoms with Gasteiger partial charge in [0.05, 0.1) is 11.3 Å². The van der Waals surface area contributed by atoms with Gasteiger partial charge in [-0.25, -0.2) is 0 Å². The zero-order chi connectivity index (χ0) is 21.8. The summed E-state index contributed by atoms with van der Waals surface area (Å²) in [5.74, 6) is -1.40. The Balaban J connectivity index is 2.12. The molecule has 1 saturated heterocycles. The monoisotopic (exact) mass is 407 g/mol. The number of nitrogens with zero attached hydrogens (tertiary/aromatic N) is 3. The lowest BCUT2D eigenvalue weighted by molar-refractivity contribution is -0.140. The maximum atomic E-state index is 13.0. The highest BCUT2D eigenvalue weighted by Gasteiger charge is 2.46. The summed E-state index contributed by atoms with van der Waals surface area (Å²) in [6.07, 6.45) is 1.64. The number of aryl methyl sites for hydroxylation is 2. The Bertz CT molecular complexity index is 965. The predicted molar refractivity (Wildman–Crippen MR) is 117 cm³/mol. The van der Waals surface area contributed by atoms with Gasteiger partial charge in [-0.1, -0.05) is 37.6 Å². The molecule has 1 fully saturated rings. The third-order valence-electron chi connectivity index (χ3n) is 5.71. The number of carbonyl (C=O) groups excluding carboxylic acids is 2. The van der Waals surface area contributed by atoms with Crippen molar-refractivity contribution in [3.63, 3.8) is 0 Å². The van der Waals surface area contributed by atoms with Gasteiger partial charge >= 0.3 is 0 Å². The van der Waals surface area contributed by atoms with Crippen LogP contribution in [0, 0.1) is 13.8 Å². The van der Waals surface area contributed by atoms with Crippen molar-refractivity contribution < 1.29 is 14.7 Å². The fraction of sp³-hybridized carbons (Fsp3) is 0.375. The molecule has 1 aliphatic rings.